The number of ether oxygens (including phenoxy) is 1. The van der Waals surface area contributed by atoms with Crippen LogP contribution in [0.1, 0.15) is 19.4 Å². The van der Waals surface area contributed by atoms with Gasteiger partial charge in [-0.1, -0.05) is 25.6 Å². The van der Waals surface area contributed by atoms with Crippen LogP contribution < -0.4 is 5.56 Å². The predicted octanol–water partition coefficient (Wildman–Crippen LogP) is 1.52. The Bertz CT molecular complexity index is 519. The third kappa shape index (κ3) is 5.79. The number of nitrogens with zero attached hydrogens (tertiary/aromatic N) is 2. The lowest BCUT2D eigenvalue weighted by molar-refractivity contribution is 0.0410. The Balaban J connectivity index is 0.00000242. The molecule has 22 heavy (non-hydrogen) atoms. The molecule has 1 aromatic rings. The third-order valence-electron chi connectivity index (χ3n) is 3.33. The average Bonchev–Trinajstić information content (AvgIpc) is 2.44. The van der Waals surface area contributed by atoms with Crippen molar-refractivity contribution in [2.75, 3.05) is 38.6 Å². The van der Waals surface area contributed by atoms with Crippen LogP contribution in [0, 0.1) is 5.92 Å². The first-order valence-corrected chi connectivity index (χ1v) is 8.30. The molecule has 0 aromatic carbocycles. The lowest BCUT2D eigenvalue weighted by Gasteiger charge is -2.26. The lowest BCUT2D eigenvalue weighted by Crippen LogP contribution is -2.37. The van der Waals surface area contributed by atoms with Gasteiger partial charge in [0.1, 0.15) is 0 Å². The highest BCUT2D eigenvalue weighted by Gasteiger charge is 2.13. The fraction of sp³-hybridized carbons (Fsp3) is 0.714. The van der Waals surface area contributed by atoms with Crippen molar-refractivity contribution in [3.8, 4) is 5.88 Å². The fourth-order valence-corrected chi connectivity index (χ4v) is 3.08. The zero-order valence-corrected chi connectivity index (χ0v) is 14.6. The zero-order chi connectivity index (χ0) is 15.2. The number of aromatic nitrogens is 2. The number of H-pyrrole nitrogens is 1. The second-order valence-electron chi connectivity index (χ2n) is 5.57. The molecule has 1 saturated heterocycles. The van der Waals surface area contributed by atoms with Crippen LogP contribution in [0.2, 0.25) is 0 Å². The summed E-state index contributed by atoms with van der Waals surface area (Å²) in [7, 11) is 0. The molecule has 6 nitrogen and oxygen atoms in total. The normalized spacial score (nSPS) is 15.8. The number of aromatic amines is 1. The number of aromatic hydroxyl groups is 1. The lowest BCUT2D eigenvalue weighted by atomic mass is 10.1. The average molecular weight is 350 g/mol. The first kappa shape index (κ1) is 19.3. The molecule has 1 aliphatic rings. The van der Waals surface area contributed by atoms with E-state index in [9.17, 15) is 9.90 Å². The molecule has 0 spiro atoms. The van der Waals surface area contributed by atoms with E-state index in [2.05, 4.69) is 14.9 Å². The topological polar surface area (TPSA) is 78.5 Å². The van der Waals surface area contributed by atoms with Crippen molar-refractivity contribution in [1.29, 1.82) is 0 Å². The minimum Gasteiger partial charge on any atom is -0.493 e. The standard InChI is InChI=1S/C14H23N3O3S.ClH/c1-10(2)9-11-12(18)15-14(16-13(11)19)21-8-5-17-3-6-20-7-4-17;/h10H,3-9H2,1-2H3,(H2,15,16,18,19);1H. The molecule has 1 aliphatic heterocycles. The Kier molecular flexibility index (Phi) is 8.24. The second-order valence-corrected chi connectivity index (χ2v) is 6.66. The molecular formula is C14H24ClN3O3S. The first-order valence-electron chi connectivity index (χ1n) is 7.31. The van der Waals surface area contributed by atoms with E-state index in [0.29, 0.717) is 23.1 Å². The van der Waals surface area contributed by atoms with E-state index >= 15 is 0 Å². The van der Waals surface area contributed by atoms with E-state index in [1.54, 1.807) is 0 Å². The van der Waals surface area contributed by atoms with Gasteiger partial charge >= 0.3 is 0 Å². The molecule has 2 N–H and O–H groups in total. The maximum absolute atomic E-state index is 12.0. The molecule has 0 aliphatic carbocycles. The zero-order valence-electron chi connectivity index (χ0n) is 13.0. The summed E-state index contributed by atoms with van der Waals surface area (Å²) in [5.41, 5.74) is 0.146. The SMILES string of the molecule is CC(C)Cc1c(O)nc(SCCN2CCOCC2)[nH]c1=O.Cl. The summed E-state index contributed by atoms with van der Waals surface area (Å²) in [6, 6.07) is 0. The first-order chi connectivity index (χ1) is 10.1. The van der Waals surface area contributed by atoms with Crippen LogP contribution in [0.15, 0.2) is 9.95 Å². The Morgan fingerprint density at radius 3 is 2.68 bits per heavy atom. The molecule has 0 saturated carbocycles. The van der Waals surface area contributed by atoms with Crippen molar-refractivity contribution in [1.82, 2.24) is 14.9 Å². The second kappa shape index (κ2) is 9.39. The summed E-state index contributed by atoms with van der Waals surface area (Å²) in [5, 5.41) is 10.4. The van der Waals surface area contributed by atoms with Crippen molar-refractivity contribution in [2.45, 2.75) is 25.4 Å². The number of hydrogen-bond acceptors (Lipinski definition) is 6. The molecule has 8 heteroatoms. The molecule has 0 unspecified atom stereocenters. The van der Waals surface area contributed by atoms with Crippen LogP contribution in [-0.4, -0.2) is 58.6 Å². The molecular weight excluding hydrogens is 326 g/mol. The number of rotatable bonds is 6. The van der Waals surface area contributed by atoms with Crippen LogP contribution in [-0.2, 0) is 11.2 Å². The van der Waals surface area contributed by atoms with E-state index in [0.717, 1.165) is 38.6 Å². The molecule has 1 aromatic heterocycles. The van der Waals surface area contributed by atoms with E-state index < -0.39 is 0 Å². The van der Waals surface area contributed by atoms with Gasteiger partial charge in [0.25, 0.3) is 5.56 Å². The molecule has 0 atom stereocenters. The predicted molar refractivity (Wildman–Crippen MR) is 90.3 cm³/mol. The minimum atomic E-state index is -0.231. The van der Waals surface area contributed by atoms with Gasteiger partial charge in [0, 0.05) is 25.4 Å². The van der Waals surface area contributed by atoms with Crippen LogP contribution in [0.5, 0.6) is 5.88 Å². The highest BCUT2D eigenvalue weighted by atomic mass is 35.5. The maximum atomic E-state index is 12.0. The van der Waals surface area contributed by atoms with Gasteiger partial charge < -0.3 is 14.8 Å². The third-order valence-corrected chi connectivity index (χ3v) is 4.19. The molecule has 2 heterocycles. The molecule has 0 amide bonds. The summed E-state index contributed by atoms with van der Waals surface area (Å²) in [5.74, 6) is 0.992. The minimum absolute atomic E-state index is 0. The van der Waals surface area contributed by atoms with Crippen molar-refractivity contribution in [2.24, 2.45) is 5.92 Å². The van der Waals surface area contributed by atoms with Gasteiger partial charge in [0.05, 0.1) is 18.8 Å². The maximum Gasteiger partial charge on any atom is 0.258 e. The van der Waals surface area contributed by atoms with Crippen molar-refractivity contribution >= 4 is 24.2 Å². The monoisotopic (exact) mass is 349 g/mol. The smallest absolute Gasteiger partial charge is 0.258 e. The highest BCUT2D eigenvalue weighted by Crippen LogP contribution is 2.18. The number of halogens is 1. The number of thioether (sulfide) groups is 1. The molecule has 0 radical (unpaired) electrons. The van der Waals surface area contributed by atoms with Crippen molar-refractivity contribution in [3.63, 3.8) is 0 Å². The van der Waals surface area contributed by atoms with E-state index in [-0.39, 0.29) is 23.8 Å². The Morgan fingerprint density at radius 1 is 1.41 bits per heavy atom. The van der Waals surface area contributed by atoms with Gasteiger partial charge in [-0.15, -0.1) is 12.4 Å². The molecule has 126 valence electrons. The van der Waals surface area contributed by atoms with Gasteiger partial charge in [-0.3, -0.25) is 9.69 Å². The quantitative estimate of drug-likeness (QED) is 0.599. The summed E-state index contributed by atoms with van der Waals surface area (Å²) < 4.78 is 5.30. The summed E-state index contributed by atoms with van der Waals surface area (Å²) in [6.07, 6.45) is 0.535. The summed E-state index contributed by atoms with van der Waals surface area (Å²) in [6.45, 7) is 8.39. The van der Waals surface area contributed by atoms with Gasteiger partial charge in [-0.25, -0.2) is 0 Å². The van der Waals surface area contributed by atoms with Crippen LogP contribution >= 0.6 is 24.2 Å². The van der Waals surface area contributed by atoms with Crippen LogP contribution in [0.4, 0.5) is 0 Å². The molecule has 2 rings (SSSR count). The summed E-state index contributed by atoms with van der Waals surface area (Å²) in [4.78, 5) is 21.1. The molecule has 0 bridgehead atoms. The highest BCUT2D eigenvalue weighted by molar-refractivity contribution is 7.99. The van der Waals surface area contributed by atoms with Gasteiger partial charge in [-0.05, 0) is 12.3 Å². The van der Waals surface area contributed by atoms with Crippen LogP contribution in [0.3, 0.4) is 0 Å². The Morgan fingerprint density at radius 2 is 2.09 bits per heavy atom. The number of nitrogens with one attached hydrogen (secondary N) is 1. The number of morpholine rings is 1. The molecule has 1 fully saturated rings. The van der Waals surface area contributed by atoms with Gasteiger partial charge in [0.15, 0.2) is 5.16 Å². The van der Waals surface area contributed by atoms with Crippen LogP contribution in [0.25, 0.3) is 0 Å². The number of hydrogen-bond donors (Lipinski definition) is 2. The van der Waals surface area contributed by atoms with Crippen molar-refractivity contribution in [3.05, 3.63) is 15.9 Å². The van der Waals surface area contributed by atoms with E-state index in [1.807, 2.05) is 13.8 Å². The fourth-order valence-electron chi connectivity index (χ4n) is 2.22. The van der Waals surface area contributed by atoms with E-state index in [1.165, 1.54) is 11.8 Å². The largest absolute Gasteiger partial charge is 0.493 e. The van der Waals surface area contributed by atoms with Gasteiger partial charge in [0.2, 0.25) is 5.88 Å². The Hall–Kier alpha value is -0.760. The Labute approximate surface area is 141 Å². The van der Waals surface area contributed by atoms with Gasteiger partial charge in [-0.2, -0.15) is 4.98 Å². The van der Waals surface area contributed by atoms with E-state index in [4.69, 9.17) is 4.74 Å². The summed E-state index contributed by atoms with van der Waals surface area (Å²) >= 11 is 1.46. The van der Waals surface area contributed by atoms with Crippen molar-refractivity contribution < 1.29 is 9.84 Å².